The summed E-state index contributed by atoms with van der Waals surface area (Å²) in [6, 6.07) is 0. The Morgan fingerprint density at radius 3 is 2.44 bits per heavy atom. The second-order valence-electron chi connectivity index (χ2n) is 1.97. The van der Waals surface area contributed by atoms with Crippen LogP contribution in [0.3, 0.4) is 0 Å². The van der Waals surface area contributed by atoms with Gasteiger partial charge >= 0.3 is 5.43 Å². The van der Waals surface area contributed by atoms with Gasteiger partial charge in [-0.05, 0) is 12.8 Å². The zero-order valence-electron chi connectivity index (χ0n) is 4.97. The average molecular weight is 150 g/mol. The zero-order valence-corrected chi connectivity index (χ0v) is 5.73. The molecule has 0 aliphatic carbocycles. The van der Waals surface area contributed by atoms with Crippen molar-refractivity contribution in [3.05, 3.63) is 0 Å². The van der Waals surface area contributed by atoms with Crippen molar-refractivity contribution in [2.24, 2.45) is 0 Å². The fraction of sp³-hybridized carbons (Fsp3) is 0.800. The first kappa shape index (κ1) is 6.83. The highest BCUT2D eigenvalue weighted by atomic mass is 35.5. The van der Waals surface area contributed by atoms with Crippen LogP contribution in [0, 0.1) is 0 Å². The molecule has 0 amide bonds. The van der Waals surface area contributed by atoms with Crippen molar-refractivity contribution in [3.8, 4) is 0 Å². The monoisotopic (exact) mass is 149 g/mol. The van der Waals surface area contributed by atoms with Crippen LogP contribution in [-0.4, -0.2) is 23.6 Å². The summed E-state index contributed by atoms with van der Waals surface area (Å²) in [6.45, 7) is 1.64. The maximum absolute atomic E-state index is 10.1. The van der Waals surface area contributed by atoms with Crippen molar-refractivity contribution in [1.82, 2.24) is 5.06 Å². The number of hydrogen-bond donors (Lipinski definition) is 0. The minimum Gasteiger partial charge on any atom is -0.355 e. The fourth-order valence-electron chi connectivity index (χ4n) is 0.881. The fourth-order valence-corrected chi connectivity index (χ4v) is 0.978. The summed E-state index contributed by atoms with van der Waals surface area (Å²) in [4.78, 5) is 14.7. The molecule has 1 rings (SSSR count). The molecule has 9 heavy (non-hydrogen) atoms. The molecule has 1 aliphatic heterocycles. The number of carbonyl (C=O) groups is 1. The number of rotatable bonds is 1. The summed E-state index contributed by atoms with van der Waals surface area (Å²) in [5.74, 6) is 0. The molecule has 0 N–H and O–H groups in total. The van der Waals surface area contributed by atoms with Gasteiger partial charge in [-0.3, -0.25) is 0 Å². The largest absolute Gasteiger partial charge is 0.422 e. The molecule has 0 saturated carbocycles. The van der Waals surface area contributed by atoms with Crippen molar-refractivity contribution in [2.75, 3.05) is 13.1 Å². The van der Waals surface area contributed by atoms with E-state index in [-0.39, 0.29) is 0 Å². The van der Waals surface area contributed by atoms with Gasteiger partial charge in [-0.15, -0.1) is 5.06 Å². The van der Waals surface area contributed by atoms with Crippen molar-refractivity contribution < 1.29 is 9.63 Å². The molecule has 52 valence electrons. The van der Waals surface area contributed by atoms with Crippen LogP contribution in [-0.2, 0) is 4.84 Å². The molecular weight excluding hydrogens is 142 g/mol. The molecule has 4 heteroatoms. The first-order valence-electron chi connectivity index (χ1n) is 2.91. The van der Waals surface area contributed by atoms with Gasteiger partial charge in [-0.1, -0.05) is 0 Å². The minimum atomic E-state index is -0.739. The van der Waals surface area contributed by atoms with Crippen molar-refractivity contribution >= 4 is 17.0 Å². The van der Waals surface area contributed by atoms with E-state index in [1.165, 1.54) is 0 Å². The molecule has 0 aromatic heterocycles. The maximum atomic E-state index is 10.1. The average Bonchev–Trinajstić information content (AvgIpc) is 2.15. The van der Waals surface area contributed by atoms with Crippen molar-refractivity contribution in [2.45, 2.75) is 12.8 Å². The van der Waals surface area contributed by atoms with E-state index < -0.39 is 5.43 Å². The molecule has 0 atom stereocenters. The first-order chi connectivity index (χ1) is 4.29. The molecule has 1 heterocycles. The molecule has 1 fully saturated rings. The van der Waals surface area contributed by atoms with Gasteiger partial charge in [-0.2, -0.15) is 0 Å². The Balaban J connectivity index is 2.19. The SMILES string of the molecule is O=C(Cl)ON1CCCC1. The summed E-state index contributed by atoms with van der Waals surface area (Å²) in [6.07, 6.45) is 2.17. The normalized spacial score (nSPS) is 20.1. The second kappa shape index (κ2) is 3.03. The van der Waals surface area contributed by atoms with E-state index in [1.54, 1.807) is 5.06 Å². The second-order valence-corrected chi connectivity index (χ2v) is 2.27. The number of hydrogen-bond acceptors (Lipinski definition) is 3. The van der Waals surface area contributed by atoms with E-state index in [2.05, 4.69) is 4.84 Å². The Morgan fingerprint density at radius 2 is 2.00 bits per heavy atom. The number of carbonyl (C=O) groups excluding carboxylic acids is 1. The van der Waals surface area contributed by atoms with Crippen LogP contribution in [0.15, 0.2) is 0 Å². The number of hydroxylamine groups is 2. The van der Waals surface area contributed by atoms with Gasteiger partial charge in [0.15, 0.2) is 0 Å². The van der Waals surface area contributed by atoms with E-state index in [0.29, 0.717) is 0 Å². The Morgan fingerprint density at radius 1 is 1.44 bits per heavy atom. The molecule has 1 aliphatic rings. The molecule has 3 nitrogen and oxygen atoms in total. The van der Waals surface area contributed by atoms with Crippen LogP contribution in [0.2, 0.25) is 0 Å². The van der Waals surface area contributed by atoms with Gasteiger partial charge in [0.2, 0.25) is 0 Å². The lowest BCUT2D eigenvalue weighted by Crippen LogP contribution is -2.20. The zero-order chi connectivity index (χ0) is 6.69. The lowest BCUT2D eigenvalue weighted by atomic mass is 10.4. The molecular formula is C5H8ClNO2. The predicted octanol–water partition coefficient (Wildman–Crippen LogP) is 1.37. The smallest absolute Gasteiger partial charge is 0.355 e. The molecule has 0 radical (unpaired) electrons. The van der Waals surface area contributed by atoms with Crippen LogP contribution >= 0.6 is 11.6 Å². The molecule has 0 aromatic rings. The minimum absolute atomic E-state index is 0.739. The van der Waals surface area contributed by atoms with Gasteiger partial charge < -0.3 is 4.84 Å². The lowest BCUT2D eigenvalue weighted by molar-refractivity contribution is -0.0680. The van der Waals surface area contributed by atoms with Crippen LogP contribution in [0.25, 0.3) is 0 Å². The Kier molecular flexibility index (Phi) is 2.30. The van der Waals surface area contributed by atoms with Crippen LogP contribution < -0.4 is 0 Å². The summed E-state index contributed by atoms with van der Waals surface area (Å²) in [5.41, 5.74) is -0.739. The molecule has 0 spiro atoms. The molecule has 0 unspecified atom stereocenters. The van der Waals surface area contributed by atoms with Crippen molar-refractivity contribution in [1.29, 1.82) is 0 Å². The van der Waals surface area contributed by atoms with E-state index in [0.717, 1.165) is 25.9 Å². The lowest BCUT2D eigenvalue weighted by Gasteiger charge is -2.10. The third-order valence-electron chi connectivity index (χ3n) is 1.27. The van der Waals surface area contributed by atoms with Gasteiger partial charge in [0.05, 0.1) is 0 Å². The summed E-state index contributed by atoms with van der Waals surface area (Å²) < 4.78 is 0. The summed E-state index contributed by atoms with van der Waals surface area (Å²) in [5, 5.41) is 1.58. The number of halogens is 1. The quantitative estimate of drug-likeness (QED) is 0.528. The van der Waals surface area contributed by atoms with E-state index >= 15 is 0 Å². The first-order valence-corrected chi connectivity index (χ1v) is 3.29. The van der Waals surface area contributed by atoms with E-state index in [1.807, 2.05) is 0 Å². The third-order valence-corrected chi connectivity index (χ3v) is 1.33. The van der Waals surface area contributed by atoms with E-state index in [4.69, 9.17) is 11.6 Å². The Hall–Kier alpha value is -0.280. The maximum Gasteiger partial charge on any atom is 0.422 e. The predicted molar refractivity (Wildman–Crippen MR) is 33.1 cm³/mol. The highest BCUT2D eigenvalue weighted by molar-refractivity contribution is 6.61. The highest BCUT2D eigenvalue weighted by Crippen LogP contribution is 2.08. The topological polar surface area (TPSA) is 29.5 Å². The van der Waals surface area contributed by atoms with Gasteiger partial charge in [0.1, 0.15) is 0 Å². The van der Waals surface area contributed by atoms with Gasteiger partial charge in [0.25, 0.3) is 0 Å². The molecule has 0 bridgehead atoms. The van der Waals surface area contributed by atoms with Gasteiger partial charge in [-0.25, -0.2) is 4.79 Å². The van der Waals surface area contributed by atoms with Crippen LogP contribution in [0.1, 0.15) is 12.8 Å². The Labute approximate surface area is 58.5 Å². The number of nitrogens with zero attached hydrogens (tertiary/aromatic N) is 1. The third kappa shape index (κ3) is 2.20. The molecule has 1 saturated heterocycles. The summed E-state index contributed by atoms with van der Waals surface area (Å²) in [7, 11) is 0. The summed E-state index contributed by atoms with van der Waals surface area (Å²) >= 11 is 4.96. The van der Waals surface area contributed by atoms with Crippen LogP contribution in [0.5, 0.6) is 0 Å². The van der Waals surface area contributed by atoms with Gasteiger partial charge in [0, 0.05) is 24.7 Å². The van der Waals surface area contributed by atoms with Crippen LogP contribution in [0.4, 0.5) is 4.79 Å². The highest BCUT2D eigenvalue weighted by Gasteiger charge is 2.14. The van der Waals surface area contributed by atoms with Crippen molar-refractivity contribution in [3.63, 3.8) is 0 Å². The molecule has 0 aromatic carbocycles. The van der Waals surface area contributed by atoms with E-state index in [9.17, 15) is 4.79 Å². The standard InChI is InChI=1S/C5H8ClNO2/c6-5(8)9-7-3-1-2-4-7/h1-4H2. The Bertz CT molecular complexity index is 112.